The molecule has 72 heavy (non-hydrogen) atoms. The van der Waals surface area contributed by atoms with Crippen LogP contribution in [0, 0.1) is 0 Å². The van der Waals surface area contributed by atoms with Crippen LogP contribution in [0.15, 0.2) is 121 Å². The van der Waals surface area contributed by atoms with E-state index < -0.39 is 134 Å². The molecule has 2 N–H and O–H groups in total. The third kappa shape index (κ3) is 14.3. The topological polar surface area (TPSA) is 287 Å². The number of imide groups is 1. The Morgan fingerprint density at radius 2 is 0.764 bits per heavy atom. The highest BCUT2D eigenvalue weighted by Gasteiger charge is 2.56. The zero-order valence-corrected chi connectivity index (χ0v) is 38.9. The number of nitrogens with one attached hydrogen (secondary N) is 2. The van der Waals surface area contributed by atoms with E-state index >= 15 is 0 Å². The van der Waals surface area contributed by atoms with Crippen LogP contribution in [0.4, 0.5) is 4.79 Å². The van der Waals surface area contributed by atoms with Crippen molar-refractivity contribution in [2.24, 2.45) is 0 Å². The van der Waals surface area contributed by atoms with Crippen LogP contribution >= 0.6 is 0 Å². The smallest absolute Gasteiger partial charge is 0.338 e. The van der Waals surface area contributed by atoms with Gasteiger partial charge in [-0.2, -0.15) is 0 Å². The summed E-state index contributed by atoms with van der Waals surface area (Å²) in [6, 6.07) is 28.5. The average Bonchev–Trinajstić information content (AvgIpc) is 3.36. The maximum atomic E-state index is 14.7. The Bertz CT molecular complexity index is 2600. The highest BCUT2D eigenvalue weighted by Crippen LogP contribution is 2.32. The molecule has 22 heteroatoms. The first-order chi connectivity index (χ1) is 34.5. The van der Waals surface area contributed by atoms with Crippen molar-refractivity contribution >= 4 is 59.7 Å². The predicted octanol–water partition coefficient (Wildman–Crippen LogP) is 3.20. The van der Waals surface area contributed by atoms with E-state index in [9.17, 15) is 47.9 Å². The van der Waals surface area contributed by atoms with Crippen molar-refractivity contribution in [3.8, 4) is 0 Å². The van der Waals surface area contributed by atoms with Gasteiger partial charge in [-0.15, -0.1) is 0 Å². The van der Waals surface area contributed by atoms with Gasteiger partial charge in [0.15, 0.2) is 49.0 Å². The Morgan fingerprint density at radius 1 is 0.403 bits per heavy atom. The van der Waals surface area contributed by atoms with E-state index in [-0.39, 0.29) is 22.3 Å². The summed E-state index contributed by atoms with van der Waals surface area (Å²) in [4.78, 5) is 133. The molecule has 2 saturated heterocycles. The van der Waals surface area contributed by atoms with Crippen molar-refractivity contribution in [3.05, 3.63) is 144 Å². The molecule has 378 valence electrons. The van der Waals surface area contributed by atoms with Crippen LogP contribution in [0.2, 0.25) is 0 Å². The van der Waals surface area contributed by atoms with Crippen LogP contribution in [0.25, 0.3) is 0 Å². The van der Waals surface area contributed by atoms with Crippen molar-refractivity contribution in [2.75, 3.05) is 13.2 Å². The minimum atomic E-state index is -2.19. The summed E-state index contributed by atoms with van der Waals surface area (Å²) in [6.45, 7) is 2.56. The number of benzene rings is 4. The van der Waals surface area contributed by atoms with Crippen LogP contribution in [0.3, 0.4) is 0 Å². The lowest BCUT2D eigenvalue weighted by Crippen LogP contribution is -2.68. The van der Waals surface area contributed by atoms with Crippen LogP contribution in [0.5, 0.6) is 0 Å². The molecule has 0 spiro atoms. The number of hydrogen-bond acceptors (Lipinski definition) is 20. The van der Waals surface area contributed by atoms with Gasteiger partial charge in [0.2, 0.25) is 0 Å². The third-order valence-corrected chi connectivity index (χ3v) is 10.5. The highest BCUT2D eigenvalue weighted by molar-refractivity contribution is 5.98. The first-order valence-corrected chi connectivity index (χ1v) is 22.1. The summed E-state index contributed by atoms with van der Waals surface area (Å²) in [6.07, 6.45) is -18.3. The number of rotatable bonds is 16. The minimum absolute atomic E-state index is 0.00207. The third-order valence-electron chi connectivity index (χ3n) is 10.5. The van der Waals surface area contributed by atoms with Crippen molar-refractivity contribution in [1.29, 1.82) is 0 Å². The predicted molar refractivity (Wildman–Crippen MR) is 241 cm³/mol. The van der Waals surface area contributed by atoms with Crippen LogP contribution in [-0.2, 0) is 71.3 Å². The van der Waals surface area contributed by atoms with E-state index in [0.717, 1.165) is 27.7 Å². The van der Waals surface area contributed by atoms with Crippen molar-refractivity contribution in [1.82, 2.24) is 10.6 Å². The molecule has 3 amide bonds. The monoisotopic (exact) mass is 996 g/mol. The second-order valence-corrected chi connectivity index (χ2v) is 15.9. The molecule has 2 heterocycles. The summed E-state index contributed by atoms with van der Waals surface area (Å²) in [5.74, 6) is -9.19. The zero-order chi connectivity index (χ0) is 51.9. The second kappa shape index (κ2) is 24.9. The first kappa shape index (κ1) is 52.9. The van der Waals surface area contributed by atoms with Crippen LogP contribution in [-0.4, -0.2) is 134 Å². The first-order valence-electron chi connectivity index (χ1n) is 22.1. The average molecular weight is 997 g/mol. The maximum Gasteiger partial charge on any atom is 0.338 e. The van der Waals surface area contributed by atoms with Gasteiger partial charge in [-0.1, -0.05) is 72.8 Å². The highest BCUT2D eigenvalue weighted by atomic mass is 16.7. The molecule has 22 nitrogen and oxygen atoms in total. The Kier molecular flexibility index (Phi) is 18.3. The molecule has 4 aromatic carbocycles. The molecule has 0 aromatic heterocycles. The number of carbonyl (C=O) groups excluding carboxylic acids is 10. The SMILES string of the molecule is CC(=O)OC[C@H]1O[C@@H](NC(=O)NC(=O)[C@@H]2O[C@H](COC(=O)c3ccccc3)[C@@H](OC(=O)c3ccccc3)[C@H](OC(=O)c3ccccc3)[C@H]2OC(=O)c2ccccc2)[C@H](OC(C)=O)[C@@H](OC(C)=O)[C@@H]1OC(C)=O. The number of urea groups is 1. The minimum Gasteiger partial charge on any atom is -0.463 e. The molecule has 0 radical (unpaired) electrons. The summed E-state index contributed by atoms with van der Waals surface area (Å²) in [5.41, 5.74) is -0.0197. The second-order valence-electron chi connectivity index (χ2n) is 15.9. The van der Waals surface area contributed by atoms with E-state index in [1.54, 1.807) is 36.4 Å². The van der Waals surface area contributed by atoms with Crippen molar-refractivity contribution in [3.63, 3.8) is 0 Å². The van der Waals surface area contributed by atoms with Gasteiger partial charge in [-0.25, -0.2) is 24.0 Å². The maximum absolute atomic E-state index is 14.7. The standard InChI is InChI=1S/C50H48N2O20/c1-27(53)63-25-36-37(65-28(2)54)40(66-29(3)55)43(67-30(4)56)45(69-36)52-50(62)51-44(57)42-41(72-49(61)34-23-15-8-16-24-34)39(71-48(60)33-21-13-7-14-22-33)38(70-47(59)32-19-11-6-12-20-32)35(68-42)26-64-46(58)31-17-9-5-10-18-31/h5-24,35-43,45H,25-26H2,1-4H3,(H2,51,52,57,62)/t35-,36-,37-,38-,39+,40+,41-,42-,43-,45-/m1/s1. The van der Waals surface area contributed by atoms with Crippen LogP contribution in [0.1, 0.15) is 69.1 Å². The van der Waals surface area contributed by atoms with Crippen molar-refractivity contribution in [2.45, 2.75) is 88.9 Å². The zero-order valence-electron chi connectivity index (χ0n) is 38.9. The number of amides is 3. The molecule has 0 saturated carbocycles. The quantitative estimate of drug-likeness (QED) is 0.120. The van der Waals surface area contributed by atoms with Gasteiger partial charge < -0.3 is 52.7 Å². The number of ether oxygens (including phenoxy) is 10. The van der Waals surface area contributed by atoms with Gasteiger partial charge in [0.05, 0.1) is 22.3 Å². The fourth-order valence-corrected chi connectivity index (χ4v) is 7.47. The normalized spacial score (nSPS) is 23.3. The van der Waals surface area contributed by atoms with Gasteiger partial charge in [0.25, 0.3) is 5.91 Å². The van der Waals surface area contributed by atoms with Gasteiger partial charge >= 0.3 is 53.8 Å². The fourth-order valence-electron chi connectivity index (χ4n) is 7.47. The molecule has 2 aliphatic rings. The van der Waals surface area contributed by atoms with Gasteiger partial charge in [0, 0.05) is 27.7 Å². The Balaban J connectivity index is 1.40. The molecule has 6 rings (SSSR count). The Labute approximate surface area is 410 Å². The lowest BCUT2D eigenvalue weighted by molar-refractivity contribution is -0.255. The van der Waals surface area contributed by atoms with E-state index in [1.165, 1.54) is 84.9 Å². The lowest BCUT2D eigenvalue weighted by Gasteiger charge is -2.44. The summed E-state index contributed by atoms with van der Waals surface area (Å²) >= 11 is 0. The number of carbonyl (C=O) groups is 10. The number of hydrogen-bond donors (Lipinski definition) is 2. The van der Waals surface area contributed by atoms with E-state index in [2.05, 4.69) is 5.32 Å². The molecular weight excluding hydrogens is 949 g/mol. The molecule has 0 bridgehead atoms. The van der Waals surface area contributed by atoms with E-state index in [0.29, 0.717) is 0 Å². The Morgan fingerprint density at radius 3 is 1.22 bits per heavy atom. The van der Waals surface area contributed by atoms with Gasteiger partial charge in [-0.3, -0.25) is 29.3 Å². The molecular formula is C50H48N2O20. The molecule has 4 aromatic rings. The number of esters is 8. The summed E-state index contributed by atoms with van der Waals surface area (Å²) in [7, 11) is 0. The molecule has 2 fully saturated rings. The summed E-state index contributed by atoms with van der Waals surface area (Å²) < 4.78 is 56.9. The lowest BCUT2D eigenvalue weighted by atomic mass is 9.93. The largest absolute Gasteiger partial charge is 0.463 e. The molecule has 0 aliphatic carbocycles. The van der Waals surface area contributed by atoms with E-state index in [1.807, 2.05) is 5.32 Å². The summed E-state index contributed by atoms with van der Waals surface area (Å²) in [5, 5.41) is 4.29. The van der Waals surface area contributed by atoms with Crippen molar-refractivity contribution < 1.29 is 95.3 Å². The molecule has 2 aliphatic heterocycles. The molecule has 0 unspecified atom stereocenters. The molecule has 10 atom stereocenters. The fraction of sp³-hybridized carbons (Fsp3) is 0.320. The van der Waals surface area contributed by atoms with Crippen LogP contribution < -0.4 is 10.6 Å². The van der Waals surface area contributed by atoms with Gasteiger partial charge in [-0.05, 0) is 48.5 Å². The van der Waals surface area contributed by atoms with Gasteiger partial charge in [0.1, 0.15) is 25.4 Å². The Hall–Kier alpha value is -8.50. The van der Waals surface area contributed by atoms with E-state index in [4.69, 9.17) is 47.4 Å².